The highest BCUT2D eigenvalue weighted by Gasteiger charge is 2.46. The van der Waals surface area contributed by atoms with Crippen molar-refractivity contribution in [3.63, 3.8) is 0 Å². The van der Waals surface area contributed by atoms with Gasteiger partial charge < -0.3 is 0 Å². The Kier molecular flexibility index (Phi) is 4.53. The Bertz CT molecular complexity index is 739. The average molecular weight is 346 g/mol. The van der Waals surface area contributed by atoms with Gasteiger partial charge in [0.2, 0.25) is 5.91 Å². The Morgan fingerprint density at radius 3 is 1.90 bits per heavy atom. The van der Waals surface area contributed by atoms with Gasteiger partial charge in [0.25, 0.3) is 10.0 Å². The van der Waals surface area contributed by atoms with Crippen molar-refractivity contribution in [2.75, 3.05) is 4.72 Å². The third-order valence-corrected chi connectivity index (χ3v) is 4.56. The zero-order valence-electron chi connectivity index (χ0n) is 10.3. The van der Waals surface area contributed by atoms with Gasteiger partial charge in [0.05, 0.1) is 4.90 Å². The molecule has 0 aliphatic heterocycles. The van der Waals surface area contributed by atoms with Gasteiger partial charge in [-0.2, -0.15) is 21.6 Å². The predicted molar refractivity (Wildman–Crippen MR) is 66.0 cm³/mol. The summed E-state index contributed by atoms with van der Waals surface area (Å²) in [6, 6.07) is 3.33. The molecule has 1 rings (SSSR count). The molecule has 0 aliphatic carbocycles. The molecule has 0 unspecified atom stereocenters. The normalized spacial score (nSPS) is 12.8. The molecule has 0 atom stereocenters. The van der Waals surface area contributed by atoms with Crippen molar-refractivity contribution in [1.82, 2.24) is 4.72 Å². The number of alkyl halides is 3. The van der Waals surface area contributed by atoms with Crippen LogP contribution < -0.4 is 9.44 Å². The second-order valence-electron chi connectivity index (χ2n) is 3.74. The number of carbonyl (C=O) groups is 1. The number of sulfonamides is 2. The molecule has 0 heterocycles. The monoisotopic (exact) mass is 346 g/mol. The van der Waals surface area contributed by atoms with E-state index in [-0.39, 0.29) is 0 Å². The first-order chi connectivity index (χ1) is 9.35. The van der Waals surface area contributed by atoms with Gasteiger partial charge >= 0.3 is 15.5 Å². The molecule has 12 heteroatoms. The van der Waals surface area contributed by atoms with Crippen LogP contribution in [0.15, 0.2) is 29.2 Å². The van der Waals surface area contributed by atoms with Crippen LogP contribution in [-0.4, -0.2) is 28.3 Å². The SMILES string of the molecule is CC(=O)NS(=O)(=O)c1ccc(NS(=O)(=O)C(F)(F)F)cc1. The average Bonchev–Trinajstić information content (AvgIpc) is 2.25. The van der Waals surface area contributed by atoms with Crippen LogP contribution in [-0.2, 0) is 24.8 Å². The van der Waals surface area contributed by atoms with E-state index >= 15 is 0 Å². The Labute approximate surface area is 118 Å². The first kappa shape index (κ1) is 17.2. The van der Waals surface area contributed by atoms with Crippen molar-refractivity contribution in [3.05, 3.63) is 24.3 Å². The van der Waals surface area contributed by atoms with Crippen molar-refractivity contribution >= 4 is 31.6 Å². The minimum Gasteiger partial charge on any atom is -0.276 e. The van der Waals surface area contributed by atoms with Crippen LogP contribution in [0.2, 0.25) is 0 Å². The lowest BCUT2D eigenvalue weighted by Crippen LogP contribution is -2.30. The highest BCUT2D eigenvalue weighted by molar-refractivity contribution is 7.93. The van der Waals surface area contributed by atoms with E-state index in [0.717, 1.165) is 31.2 Å². The molecule has 118 valence electrons. The summed E-state index contributed by atoms with van der Waals surface area (Å²) in [6.45, 7) is 0.962. The van der Waals surface area contributed by atoms with Gasteiger partial charge in [-0.05, 0) is 24.3 Å². The van der Waals surface area contributed by atoms with Crippen molar-refractivity contribution in [3.8, 4) is 0 Å². The predicted octanol–water partition coefficient (Wildman–Crippen LogP) is 0.773. The minimum absolute atomic E-state index is 0.410. The summed E-state index contributed by atoms with van der Waals surface area (Å²) < 4.78 is 84.1. The maximum absolute atomic E-state index is 12.1. The Morgan fingerprint density at radius 2 is 1.52 bits per heavy atom. The van der Waals surface area contributed by atoms with Crippen LogP contribution in [0.1, 0.15) is 6.92 Å². The summed E-state index contributed by atoms with van der Waals surface area (Å²) in [5, 5.41) is 0. The summed E-state index contributed by atoms with van der Waals surface area (Å²) in [4.78, 5) is 10.3. The van der Waals surface area contributed by atoms with Crippen LogP contribution in [0.3, 0.4) is 0 Å². The van der Waals surface area contributed by atoms with E-state index in [9.17, 15) is 34.8 Å². The molecule has 0 saturated carbocycles. The molecular formula is C9H9F3N2O5S2. The second-order valence-corrected chi connectivity index (χ2v) is 7.09. The van der Waals surface area contributed by atoms with Crippen molar-refractivity contribution in [2.24, 2.45) is 0 Å². The molecule has 0 fully saturated rings. The van der Waals surface area contributed by atoms with Gasteiger partial charge in [-0.15, -0.1) is 0 Å². The van der Waals surface area contributed by atoms with E-state index in [1.807, 2.05) is 0 Å². The Morgan fingerprint density at radius 1 is 1.05 bits per heavy atom. The second kappa shape index (κ2) is 5.52. The number of rotatable bonds is 4. The van der Waals surface area contributed by atoms with E-state index in [0.29, 0.717) is 0 Å². The van der Waals surface area contributed by atoms with E-state index in [1.165, 1.54) is 4.72 Å². The first-order valence-corrected chi connectivity index (χ1v) is 8.04. The molecule has 0 saturated heterocycles. The highest BCUT2D eigenvalue weighted by atomic mass is 32.2. The van der Waals surface area contributed by atoms with Crippen LogP contribution in [0.5, 0.6) is 0 Å². The largest absolute Gasteiger partial charge is 0.516 e. The standard InChI is InChI=1S/C9H9F3N2O5S2/c1-6(15)13-20(16,17)8-4-2-7(3-5-8)14-21(18,19)9(10,11)12/h2-5,14H,1H3,(H,13,15). The maximum atomic E-state index is 12.1. The lowest BCUT2D eigenvalue weighted by Gasteiger charge is -2.11. The van der Waals surface area contributed by atoms with Gasteiger partial charge in [0.1, 0.15) is 0 Å². The molecule has 1 aromatic rings. The molecule has 0 aliphatic rings. The smallest absolute Gasteiger partial charge is 0.276 e. The van der Waals surface area contributed by atoms with Crippen molar-refractivity contribution < 1.29 is 34.8 Å². The zero-order valence-corrected chi connectivity index (χ0v) is 11.9. The molecule has 0 aromatic heterocycles. The summed E-state index contributed by atoms with van der Waals surface area (Å²) in [6.07, 6.45) is 0. The van der Waals surface area contributed by atoms with Gasteiger partial charge in [-0.1, -0.05) is 0 Å². The van der Waals surface area contributed by atoms with Gasteiger partial charge in [0.15, 0.2) is 0 Å². The van der Waals surface area contributed by atoms with E-state index < -0.39 is 42.0 Å². The summed E-state index contributed by atoms with van der Waals surface area (Å²) in [7, 11) is -9.73. The molecule has 21 heavy (non-hydrogen) atoms. The van der Waals surface area contributed by atoms with Crippen molar-refractivity contribution in [1.29, 1.82) is 0 Å². The maximum Gasteiger partial charge on any atom is 0.516 e. The number of amides is 1. The van der Waals surface area contributed by atoms with Crippen LogP contribution >= 0.6 is 0 Å². The number of benzene rings is 1. The number of hydrogen-bond acceptors (Lipinski definition) is 5. The molecule has 0 radical (unpaired) electrons. The number of carbonyl (C=O) groups excluding carboxylic acids is 1. The fourth-order valence-electron chi connectivity index (χ4n) is 1.16. The van der Waals surface area contributed by atoms with E-state index in [1.54, 1.807) is 4.72 Å². The fourth-order valence-corrected chi connectivity index (χ4v) is 2.72. The van der Waals surface area contributed by atoms with Crippen LogP contribution in [0.25, 0.3) is 0 Å². The van der Waals surface area contributed by atoms with E-state index in [2.05, 4.69) is 0 Å². The number of anilines is 1. The highest BCUT2D eigenvalue weighted by Crippen LogP contribution is 2.25. The minimum atomic E-state index is -5.59. The Hall–Kier alpha value is -1.82. The topological polar surface area (TPSA) is 109 Å². The van der Waals surface area contributed by atoms with Crippen LogP contribution in [0.4, 0.5) is 18.9 Å². The third-order valence-electron chi connectivity index (χ3n) is 2.00. The van der Waals surface area contributed by atoms with Crippen molar-refractivity contribution in [2.45, 2.75) is 17.3 Å². The molecule has 7 nitrogen and oxygen atoms in total. The number of hydrogen-bond donors (Lipinski definition) is 2. The number of nitrogens with one attached hydrogen (secondary N) is 2. The molecular weight excluding hydrogens is 337 g/mol. The van der Waals surface area contributed by atoms with Gasteiger partial charge in [-0.3, -0.25) is 9.52 Å². The van der Waals surface area contributed by atoms with Gasteiger partial charge in [-0.25, -0.2) is 13.1 Å². The van der Waals surface area contributed by atoms with Crippen LogP contribution in [0, 0.1) is 0 Å². The lowest BCUT2D eigenvalue weighted by atomic mass is 10.3. The molecule has 2 N–H and O–H groups in total. The zero-order chi connectivity index (χ0) is 16.5. The molecule has 1 aromatic carbocycles. The lowest BCUT2D eigenvalue weighted by molar-refractivity contribution is -0.117. The van der Waals surface area contributed by atoms with Gasteiger partial charge in [0, 0.05) is 12.6 Å². The fraction of sp³-hybridized carbons (Fsp3) is 0.222. The molecule has 1 amide bonds. The first-order valence-electron chi connectivity index (χ1n) is 5.08. The summed E-state index contributed by atoms with van der Waals surface area (Å²) >= 11 is 0. The summed E-state index contributed by atoms with van der Waals surface area (Å²) in [5.74, 6) is -0.850. The third kappa shape index (κ3) is 4.32. The summed E-state index contributed by atoms with van der Waals surface area (Å²) in [5.41, 5.74) is -5.97. The quantitative estimate of drug-likeness (QED) is 0.837. The Balaban J connectivity index is 3.02. The number of halogens is 3. The molecule has 0 bridgehead atoms. The molecule has 0 spiro atoms. The van der Waals surface area contributed by atoms with E-state index in [4.69, 9.17) is 0 Å².